The lowest BCUT2D eigenvalue weighted by Crippen LogP contribution is -2.56. The number of hydrogen-bond donors (Lipinski definition) is 3. The number of rotatable bonds is 12. The normalized spacial score (nSPS) is 14.4. The molecule has 0 radical (unpaired) electrons. The van der Waals surface area contributed by atoms with Crippen LogP contribution in [0.3, 0.4) is 0 Å². The van der Waals surface area contributed by atoms with Gasteiger partial charge in [0.2, 0.25) is 11.8 Å². The van der Waals surface area contributed by atoms with Crippen molar-refractivity contribution in [1.29, 1.82) is 0 Å². The maximum Gasteiger partial charge on any atom is 0.408 e. The van der Waals surface area contributed by atoms with E-state index < -0.39 is 29.7 Å². The van der Waals surface area contributed by atoms with Crippen molar-refractivity contribution in [2.75, 3.05) is 0 Å². The molecule has 0 saturated carbocycles. The van der Waals surface area contributed by atoms with Crippen molar-refractivity contribution in [3.63, 3.8) is 0 Å². The molecular formula is C31H45N3O5. The zero-order valence-corrected chi connectivity index (χ0v) is 24.4. The van der Waals surface area contributed by atoms with Crippen molar-refractivity contribution in [2.24, 2.45) is 0 Å². The van der Waals surface area contributed by atoms with Gasteiger partial charge in [-0.1, -0.05) is 62.7 Å². The molecule has 2 aromatic carbocycles. The number of nitrogens with zero attached hydrogens (tertiary/aromatic N) is 1. The molecule has 4 atom stereocenters. The molecule has 2 aromatic rings. The molecule has 0 saturated heterocycles. The number of carbonyl (C=O) groups is 3. The number of nitrogens with one attached hydrogen (secondary N) is 2. The van der Waals surface area contributed by atoms with Crippen molar-refractivity contribution in [1.82, 2.24) is 15.5 Å². The van der Waals surface area contributed by atoms with Gasteiger partial charge in [0.05, 0.1) is 0 Å². The fraction of sp³-hybridized carbons (Fsp3) is 0.516. The Kier molecular flexibility index (Phi) is 11.8. The molecule has 3 N–H and O–H groups in total. The summed E-state index contributed by atoms with van der Waals surface area (Å²) in [6, 6.07) is 13.4. The van der Waals surface area contributed by atoms with Gasteiger partial charge in [-0.05, 0) is 70.7 Å². The molecular weight excluding hydrogens is 494 g/mol. The van der Waals surface area contributed by atoms with Crippen molar-refractivity contribution < 1.29 is 24.2 Å². The molecule has 0 aliphatic heterocycles. The highest BCUT2D eigenvalue weighted by atomic mass is 16.6. The van der Waals surface area contributed by atoms with Gasteiger partial charge >= 0.3 is 6.09 Å². The van der Waals surface area contributed by atoms with Gasteiger partial charge in [-0.25, -0.2) is 4.79 Å². The van der Waals surface area contributed by atoms with E-state index in [1.54, 1.807) is 37.8 Å². The van der Waals surface area contributed by atoms with Crippen molar-refractivity contribution in [2.45, 2.75) is 104 Å². The minimum absolute atomic E-state index is 0.0622. The molecule has 0 bridgehead atoms. The molecule has 4 unspecified atom stereocenters. The van der Waals surface area contributed by atoms with Gasteiger partial charge < -0.3 is 25.4 Å². The second-order valence-corrected chi connectivity index (χ2v) is 11.1. The predicted molar refractivity (Wildman–Crippen MR) is 153 cm³/mol. The van der Waals surface area contributed by atoms with Crippen LogP contribution in [0.15, 0.2) is 54.6 Å². The molecule has 0 aliphatic rings. The molecule has 0 spiro atoms. The third-order valence-corrected chi connectivity index (χ3v) is 6.44. The summed E-state index contributed by atoms with van der Waals surface area (Å²) in [4.78, 5) is 42.6. The number of alkyl carbamates (subject to hydrolysis) is 1. The van der Waals surface area contributed by atoms with Crippen LogP contribution in [0.4, 0.5) is 4.79 Å². The Balaban J connectivity index is 2.56. The Morgan fingerprint density at radius 1 is 0.949 bits per heavy atom. The average molecular weight is 540 g/mol. The van der Waals surface area contributed by atoms with Gasteiger partial charge in [0.1, 0.15) is 23.4 Å². The molecule has 8 nitrogen and oxygen atoms in total. The molecule has 2 rings (SSSR count). The molecule has 0 aliphatic carbocycles. The van der Waals surface area contributed by atoms with E-state index >= 15 is 0 Å². The Morgan fingerprint density at radius 3 is 2.10 bits per heavy atom. The van der Waals surface area contributed by atoms with Crippen LogP contribution in [0.2, 0.25) is 0 Å². The van der Waals surface area contributed by atoms with Crippen molar-refractivity contribution in [3.05, 3.63) is 65.7 Å². The number of benzene rings is 2. The van der Waals surface area contributed by atoms with Crippen LogP contribution in [0.25, 0.3) is 0 Å². The van der Waals surface area contributed by atoms with E-state index in [9.17, 15) is 19.5 Å². The van der Waals surface area contributed by atoms with Crippen LogP contribution in [0.5, 0.6) is 5.75 Å². The lowest BCUT2D eigenvalue weighted by molar-refractivity contribution is -0.145. The summed E-state index contributed by atoms with van der Waals surface area (Å²) in [5.74, 6) is -0.645. The van der Waals surface area contributed by atoms with Crippen LogP contribution in [-0.2, 0) is 20.7 Å². The number of ether oxygens (including phenoxy) is 1. The zero-order valence-electron chi connectivity index (χ0n) is 24.4. The van der Waals surface area contributed by atoms with Gasteiger partial charge in [-0.2, -0.15) is 0 Å². The van der Waals surface area contributed by atoms with Crippen molar-refractivity contribution >= 4 is 17.9 Å². The van der Waals surface area contributed by atoms with Crippen LogP contribution in [0.1, 0.15) is 84.9 Å². The second kappa shape index (κ2) is 14.6. The highest BCUT2D eigenvalue weighted by Crippen LogP contribution is 2.28. The largest absolute Gasteiger partial charge is 0.508 e. The van der Waals surface area contributed by atoms with E-state index in [2.05, 4.69) is 10.6 Å². The van der Waals surface area contributed by atoms with Crippen LogP contribution in [-0.4, -0.2) is 51.6 Å². The molecule has 214 valence electrons. The monoisotopic (exact) mass is 539 g/mol. The second-order valence-electron chi connectivity index (χ2n) is 11.1. The molecule has 3 amide bonds. The highest BCUT2D eigenvalue weighted by molar-refractivity contribution is 5.92. The number of phenolic OH excluding ortho intramolecular Hbond substituents is 1. The number of phenols is 1. The van der Waals surface area contributed by atoms with E-state index in [0.29, 0.717) is 12.0 Å². The number of carbonyl (C=O) groups excluding carboxylic acids is 3. The fourth-order valence-electron chi connectivity index (χ4n) is 4.40. The molecule has 0 aromatic heterocycles. The van der Waals surface area contributed by atoms with Gasteiger partial charge in [-0.15, -0.1) is 0 Å². The van der Waals surface area contributed by atoms with E-state index in [4.69, 9.17) is 4.74 Å². The van der Waals surface area contributed by atoms with E-state index in [1.165, 1.54) is 12.1 Å². The smallest absolute Gasteiger partial charge is 0.408 e. The summed E-state index contributed by atoms with van der Waals surface area (Å²) < 4.78 is 5.48. The number of amides is 3. The number of hydrogen-bond acceptors (Lipinski definition) is 5. The molecule has 0 fully saturated rings. The first-order valence-corrected chi connectivity index (χ1v) is 13.8. The van der Waals surface area contributed by atoms with E-state index in [-0.39, 0.29) is 30.2 Å². The quantitative estimate of drug-likeness (QED) is 0.330. The van der Waals surface area contributed by atoms with Crippen LogP contribution < -0.4 is 10.6 Å². The van der Waals surface area contributed by atoms with Gasteiger partial charge in [0, 0.05) is 18.5 Å². The Labute approximate surface area is 233 Å². The summed E-state index contributed by atoms with van der Waals surface area (Å²) in [7, 11) is 0. The highest BCUT2D eigenvalue weighted by Gasteiger charge is 2.38. The average Bonchev–Trinajstić information content (AvgIpc) is 2.86. The van der Waals surface area contributed by atoms with Gasteiger partial charge in [0.25, 0.3) is 0 Å². The molecule has 39 heavy (non-hydrogen) atoms. The molecule has 0 heterocycles. The molecule has 8 heteroatoms. The summed E-state index contributed by atoms with van der Waals surface area (Å²) in [6.45, 7) is 13.1. The topological polar surface area (TPSA) is 108 Å². The standard InChI is InChI=1S/C31H45N3O5/c1-8-13-21(3)32-28(36)27(24-16-18-25(35)19-17-24)34(22(4)9-2)29(37)26(20-23-14-11-10-12-15-23)33-30(38)39-31(5,6)7/h10-12,14-19,21-22,26-27,35H,8-9,13,20H2,1-7H3,(H,32,36)(H,33,38). The van der Waals surface area contributed by atoms with Crippen LogP contribution in [0, 0.1) is 0 Å². The Bertz CT molecular complexity index is 1070. The van der Waals surface area contributed by atoms with Gasteiger partial charge in [-0.3, -0.25) is 9.59 Å². The zero-order chi connectivity index (χ0) is 29.2. The minimum atomic E-state index is -0.975. The predicted octanol–water partition coefficient (Wildman–Crippen LogP) is 5.50. The number of aromatic hydroxyl groups is 1. The Hall–Kier alpha value is -3.55. The Morgan fingerprint density at radius 2 is 1.56 bits per heavy atom. The summed E-state index contributed by atoms with van der Waals surface area (Å²) in [5.41, 5.74) is 0.682. The van der Waals surface area contributed by atoms with Gasteiger partial charge in [0.15, 0.2) is 0 Å². The fourth-order valence-corrected chi connectivity index (χ4v) is 4.40. The summed E-state index contributed by atoms with van der Waals surface area (Å²) >= 11 is 0. The van der Waals surface area contributed by atoms with E-state index in [1.807, 2.05) is 58.0 Å². The summed E-state index contributed by atoms with van der Waals surface area (Å²) in [6.07, 6.45) is 1.80. The minimum Gasteiger partial charge on any atom is -0.508 e. The van der Waals surface area contributed by atoms with E-state index in [0.717, 1.165) is 18.4 Å². The summed E-state index contributed by atoms with van der Waals surface area (Å²) in [5, 5.41) is 15.7. The lowest BCUT2D eigenvalue weighted by atomic mass is 9.97. The third-order valence-electron chi connectivity index (χ3n) is 6.44. The lowest BCUT2D eigenvalue weighted by Gasteiger charge is -2.38. The maximum atomic E-state index is 14.4. The first kappa shape index (κ1) is 31.7. The van der Waals surface area contributed by atoms with Crippen molar-refractivity contribution in [3.8, 4) is 5.75 Å². The third kappa shape index (κ3) is 9.93. The van der Waals surface area contributed by atoms with Crippen LogP contribution >= 0.6 is 0 Å². The SMILES string of the molecule is CCCC(C)NC(=O)C(c1ccc(O)cc1)N(C(=O)C(Cc1ccccc1)NC(=O)OC(C)(C)C)C(C)CC. The first-order valence-electron chi connectivity index (χ1n) is 13.8. The first-order chi connectivity index (χ1) is 18.4. The maximum absolute atomic E-state index is 14.4.